The Labute approximate surface area is 186 Å². The maximum atomic E-state index is 7.94. The van der Waals surface area contributed by atoms with Crippen molar-refractivity contribution in [1.82, 2.24) is 0 Å². The Morgan fingerprint density at radius 3 is 2.34 bits per heavy atom. The van der Waals surface area contributed by atoms with Gasteiger partial charge in [-0.25, -0.2) is 0 Å². The summed E-state index contributed by atoms with van der Waals surface area (Å²) < 4.78 is 5.93. The quantitative estimate of drug-likeness (QED) is 0.219. The van der Waals surface area contributed by atoms with E-state index in [9.17, 15) is 0 Å². The summed E-state index contributed by atoms with van der Waals surface area (Å²) in [4.78, 5) is 0. The summed E-state index contributed by atoms with van der Waals surface area (Å²) in [5, 5.41) is 13.5. The van der Waals surface area contributed by atoms with Crippen LogP contribution < -0.4 is 5.32 Å². The number of furan rings is 1. The SMILES string of the molecule is C=C(/C=C(\C=N)Nc1ccccc1-c1ccccc1)c1ccc2oc3ccccc3c2c1. The van der Waals surface area contributed by atoms with Crippen molar-refractivity contribution in [3.8, 4) is 11.1 Å². The smallest absolute Gasteiger partial charge is 0.135 e. The van der Waals surface area contributed by atoms with Crippen LogP contribution in [-0.2, 0) is 0 Å². The van der Waals surface area contributed by atoms with E-state index in [0.717, 1.165) is 49.9 Å². The van der Waals surface area contributed by atoms with E-state index in [1.165, 1.54) is 6.21 Å². The van der Waals surface area contributed by atoms with Crippen LogP contribution in [0.15, 0.2) is 120 Å². The van der Waals surface area contributed by atoms with Gasteiger partial charge in [0.05, 0.1) is 5.70 Å². The molecule has 0 saturated carbocycles. The second kappa shape index (κ2) is 8.40. The summed E-state index contributed by atoms with van der Waals surface area (Å²) in [6, 6.07) is 32.4. The predicted molar refractivity (Wildman–Crippen MR) is 135 cm³/mol. The van der Waals surface area contributed by atoms with Gasteiger partial charge < -0.3 is 15.1 Å². The van der Waals surface area contributed by atoms with Gasteiger partial charge in [-0.1, -0.05) is 79.4 Å². The predicted octanol–water partition coefficient (Wildman–Crippen LogP) is 7.91. The highest BCUT2D eigenvalue weighted by molar-refractivity contribution is 6.06. The van der Waals surface area contributed by atoms with Gasteiger partial charge in [0.1, 0.15) is 11.2 Å². The summed E-state index contributed by atoms with van der Waals surface area (Å²) in [5.74, 6) is 0. The molecule has 3 nitrogen and oxygen atoms in total. The van der Waals surface area contributed by atoms with E-state index in [0.29, 0.717) is 5.70 Å². The Hall–Kier alpha value is -4.37. The van der Waals surface area contributed by atoms with Crippen LogP contribution >= 0.6 is 0 Å². The number of benzene rings is 4. The number of allylic oxidation sites excluding steroid dienone is 3. The molecule has 4 aromatic carbocycles. The number of rotatable bonds is 6. The number of nitrogens with one attached hydrogen (secondary N) is 2. The van der Waals surface area contributed by atoms with Gasteiger partial charge in [-0.3, -0.25) is 0 Å². The summed E-state index contributed by atoms with van der Waals surface area (Å²) in [6.45, 7) is 4.26. The lowest BCUT2D eigenvalue weighted by molar-refractivity contribution is 0.669. The third kappa shape index (κ3) is 3.72. The van der Waals surface area contributed by atoms with Crippen LogP contribution in [0.5, 0.6) is 0 Å². The molecule has 0 atom stereocenters. The Morgan fingerprint density at radius 1 is 0.781 bits per heavy atom. The van der Waals surface area contributed by atoms with Crippen LogP contribution in [0.2, 0.25) is 0 Å². The van der Waals surface area contributed by atoms with Crippen molar-refractivity contribution in [2.75, 3.05) is 5.32 Å². The molecule has 0 aliphatic carbocycles. The van der Waals surface area contributed by atoms with Crippen molar-refractivity contribution in [2.45, 2.75) is 0 Å². The molecular formula is C29H22N2O. The Morgan fingerprint density at radius 2 is 1.50 bits per heavy atom. The molecule has 0 aliphatic rings. The van der Waals surface area contributed by atoms with Gasteiger partial charge in [-0.15, -0.1) is 0 Å². The van der Waals surface area contributed by atoms with E-state index >= 15 is 0 Å². The average Bonchev–Trinajstić information content (AvgIpc) is 3.22. The molecule has 1 heterocycles. The standard InChI is InChI=1S/C29H22N2O/c1-20(22-15-16-29-26(18-22)25-12-6-8-14-28(25)32-29)17-23(19-30)31-27-13-7-5-11-24(27)21-9-3-2-4-10-21/h2-19,30-31H,1H2/b23-17+,30-19?. The number of para-hydroxylation sites is 2. The van der Waals surface area contributed by atoms with Gasteiger partial charge in [0.25, 0.3) is 0 Å². The second-order valence-corrected chi connectivity index (χ2v) is 7.62. The average molecular weight is 415 g/mol. The first-order valence-corrected chi connectivity index (χ1v) is 10.5. The molecule has 3 heteroatoms. The third-order valence-electron chi connectivity index (χ3n) is 5.52. The maximum Gasteiger partial charge on any atom is 0.135 e. The minimum atomic E-state index is 0.663. The van der Waals surface area contributed by atoms with Crippen molar-refractivity contribution in [1.29, 1.82) is 5.41 Å². The Bertz CT molecular complexity index is 1480. The molecule has 0 saturated heterocycles. The monoisotopic (exact) mass is 414 g/mol. The van der Waals surface area contributed by atoms with Gasteiger partial charge in [-0.05, 0) is 47.0 Å². The summed E-state index contributed by atoms with van der Waals surface area (Å²) in [7, 11) is 0. The zero-order valence-corrected chi connectivity index (χ0v) is 17.5. The first-order valence-electron chi connectivity index (χ1n) is 10.5. The fraction of sp³-hybridized carbons (Fsp3) is 0. The highest BCUT2D eigenvalue weighted by atomic mass is 16.3. The molecule has 32 heavy (non-hydrogen) atoms. The van der Waals surface area contributed by atoms with Gasteiger partial charge >= 0.3 is 0 Å². The maximum absolute atomic E-state index is 7.94. The highest BCUT2D eigenvalue weighted by Crippen LogP contribution is 2.32. The van der Waals surface area contributed by atoms with E-state index in [2.05, 4.69) is 42.2 Å². The van der Waals surface area contributed by atoms with E-state index in [1.807, 2.05) is 72.8 Å². The Balaban J connectivity index is 1.47. The largest absolute Gasteiger partial charge is 0.456 e. The molecule has 0 aliphatic heterocycles. The summed E-state index contributed by atoms with van der Waals surface area (Å²) >= 11 is 0. The normalized spacial score (nSPS) is 11.6. The first kappa shape index (κ1) is 19.6. The topological polar surface area (TPSA) is 49.0 Å². The van der Waals surface area contributed by atoms with E-state index in [-0.39, 0.29) is 0 Å². The molecule has 0 spiro atoms. The van der Waals surface area contributed by atoms with Crippen molar-refractivity contribution in [3.05, 3.63) is 121 Å². The lowest BCUT2D eigenvalue weighted by Crippen LogP contribution is -2.02. The third-order valence-corrected chi connectivity index (χ3v) is 5.52. The van der Waals surface area contributed by atoms with Crippen LogP contribution in [-0.4, -0.2) is 6.21 Å². The molecule has 0 amide bonds. The zero-order chi connectivity index (χ0) is 21.9. The number of hydrogen-bond donors (Lipinski definition) is 2. The van der Waals surface area contributed by atoms with Gasteiger partial charge in [0, 0.05) is 28.2 Å². The first-order chi connectivity index (χ1) is 15.7. The van der Waals surface area contributed by atoms with Crippen LogP contribution in [0.4, 0.5) is 5.69 Å². The number of fused-ring (bicyclic) bond motifs is 3. The minimum Gasteiger partial charge on any atom is -0.456 e. The molecule has 0 bridgehead atoms. The lowest BCUT2D eigenvalue weighted by Gasteiger charge is -2.13. The fourth-order valence-corrected chi connectivity index (χ4v) is 3.93. The zero-order valence-electron chi connectivity index (χ0n) is 17.5. The second-order valence-electron chi connectivity index (χ2n) is 7.62. The molecule has 0 fully saturated rings. The summed E-state index contributed by atoms with van der Waals surface area (Å²) in [6.07, 6.45) is 3.22. The number of anilines is 1. The Kier molecular flexibility index (Phi) is 5.14. The van der Waals surface area contributed by atoms with Gasteiger partial charge in [0.2, 0.25) is 0 Å². The van der Waals surface area contributed by atoms with Crippen molar-refractivity contribution < 1.29 is 4.42 Å². The molecule has 0 unspecified atom stereocenters. The highest BCUT2D eigenvalue weighted by Gasteiger charge is 2.09. The molecule has 0 radical (unpaired) electrons. The van der Waals surface area contributed by atoms with Crippen molar-refractivity contribution >= 4 is 39.4 Å². The van der Waals surface area contributed by atoms with Gasteiger partial charge in [0.15, 0.2) is 0 Å². The van der Waals surface area contributed by atoms with E-state index in [1.54, 1.807) is 0 Å². The lowest BCUT2D eigenvalue weighted by atomic mass is 10.0. The van der Waals surface area contributed by atoms with Crippen molar-refractivity contribution in [2.24, 2.45) is 0 Å². The van der Waals surface area contributed by atoms with Crippen LogP contribution in [0, 0.1) is 5.41 Å². The van der Waals surface area contributed by atoms with Gasteiger partial charge in [-0.2, -0.15) is 0 Å². The molecule has 2 N–H and O–H groups in total. The van der Waals surface area contributed by atoms with Crippen LogP contribution in [0.3, 0.4) is 0 Å². The molecule has 1 aromatic heterocycles. The molecular weight excluding hydrogens is 392 g/mol. The fourth-order valence-electron chi connectivity index (χ4n) is 3.93. The molecule has 5 rings (SSSR count). The van der Waals surface area contributed by atoms with Crippen molar-refractivity contribution in [3.63, 3.8) is 0 Å². The van der Waals surface area contributed by atoms with E-state index in [4.69, 9.17) is 9.83 Å². The van der Waals surface area contributed by atoms with E-state index < -0.39 is 0 Å². The molecule has 154 valence electrons. The number of hydrogen-bond acceptors (Lipinski definition) is 3. The van der Waals surface area contributed by atoms with Crippen LogP contribution in [0.1, 0.15) is 5.56 Å². The summed E-state index contributed by atoms with van der Waals surface area (Å²) in [5.41, 5.74) is 7.35. The molecule has 5 aromatic rings. The minimum absolute atomic E-state index is 0.663. The van der Waals surface area contributed by atoms with Crippen LogP contribution in [0.25, 0.3) is 38.6 Å².